The molecule has 0 bridgehead atoms. The summed E-state index contributed by atoms with van der Waals surface area (Å²) in [5, 5.41) is 36.5. The Morgan fingerprint density at radius 3 is 2.28 bits per heavy atom. The molecule has 1 aromatic rings. The maximum atomic E-state index is 10.8. The van der Waals surface area contributed by atoms with Crippen molar-refractivity contribution < 1.29 is 30.0 Å². The fraction of sp³-hybridized carbons (Fsp3) is 0.273. The van der Waals surface area contributed by atoms with Crippen molar-refractivity contribution >= 4 is 23.5 Å². The van der Waals surface area contributed by atoms with Gasteiger partial charge in [-0.15, -0.1) is 0 Å². The van der Waals surface area contributed by atoms with Crippen LogP contribution in [-0.4, -0.2) is 38.5 Å². The lowest BCUT2D eigenvalue weighted by molar-refractivity contribution is -0.141. The molecular formula is C11H11ClO6. The molecule has 2 atom stereocenters. The Morgan fingerprint density at radius 2 is 1.78 bits per heavy atom. The Labute approximate surface area is 107 Å². The summed E-state index contributed by atoms with van der Waals surface area (Å²) < 4.78 is 0. The molecule has 0 saturated heterocycles. The van der Waals surface area contributed by atoms with Crippen molar-refractivity contribution in [2.24, 2.45) is 0 Å². The first-order valence-corrected chi connectivity index (χ1v) is 5.30. The number of halogens is 1. The van der Waals surface area contributed by atoms with Gasteiger partial charge in [-0.25, -0.2) is 4.79 Å². The quantitative estimate of drug-likeness (QED) is 0.634. The van der Waals surface area contributed by atoms with E-state index in [1.54, 1.807) is 0 Å². The lowest BCUT2D eigenvalue weighted by Gasteiger charge is -2.17. The molecule has 0 saturated carbocycles. The van der Waals surface area contributed by atoms with Gasteiger partial charge < -0.3 is 20.4 Å². The number of benzene rings is 1. The smallest absolute Gasteiger partial charge is 0.335 e. The van der Waals surface area contributed by atoms with E-state index in [1.807, 2.05) is 0 Å². The summed E-state index contributed by atoms with van der Waals surface area (Å²) in [5.41, 5.74) is -0.104. The first-order chi connectivity index (χ1) is 8.31. The summed E-state index contributed by atoms with van der Waals surface area (Å²) in [5.74, 6) is -2.51. The maximum absolute atomic E-state index is 10.8. The first kappa shape index (κ1) is 14.4. The molecule has 0 amide bonds. The molecule has 0 fully saturated rings. The Hall–Kier alpha value is -1.63. The lowest BCUT2D eigenvalue weighted by Crippen LogP contribution is -2.22. The highest BCUT2D eigenvalue weighted by Gasteiger charge is 2.22. The third-order valence-electron chi connectivity index (χ3n) is 2.26. The monoisotopic (exact) mass is 274 g/mol. The van der Waals surface area contributed by atoms with Crippen LogP contribution in [0, 0.1) is 0 Å². The fourth-order valence-electron chi connectivity index (χ4n) is 1.42. The number of aliphatic hydroxyl groups is 2. The molecule has 98 valence electrons. The molecule has 18 heavy (non-hydrogen) atoms. The van der Waals surface area contributed by atoms with Crippen LogP contribution in [0.5, 0.6) is 0 Å². The van der Waals surface area contributed by atoms with E-state index in [2.05, 4.69) is 0 Å². The number of carboxylic acids is 2. The van der Waals surface area contributed by atoms with Gasteiger partial charge in [-0.05, 0) is 23.8 Å². The minimum atomic E-state index is -1.54. The van der Waals surface area contributed by atoms with Crippen molar-refractivity contribution in [1.82, 2.24) is 0 Å². The van der Waals surface area contributed by atoms with Gasteiger partial charge >= 0.3 is 11.9 Å². The highest BCUT2D eigenvalue weighted by atomic mass is 35.5. The minimum absolute atomic E-state index is 0.0497. The number of hydrogen-bond acceptors (Lipinski definition) is 4. The molecule has 0 spiro atoms. The highest BCUT2D eigenvalue weighted by molar-refractivity contribution is 6.31. The van der Waals surface area contributed by atoms with E-state index in [0.29, 0.717) is 0 Å². The molecule has 0 aromatic heterocycles. The van der Waals surface area contributed by atoms with Gasteiger partial charge in [-0.2, -0.15) is 0 Å². The third kappa shape index (κ3) is 3.69. The van der Waals surface area contributed by atoms with Crippen molar-refractivity contribution in [2.45, 2.75) is 18.6 Å². The second-order valence-electron chi connectivity index (χ2n) is 3.69. The van der Waals surface area contributed by atoms with Crippen LogP contribution in [0.1, 0.15) is 28.4 Å². The molecule has 1 rings (SSSR count). The second-order valence-corrected chi connectivity index (χ2v) is 4.12. The Kier molecular flexibility index (Phi) is 4.66. The van der Waals surface area contributed by atoms with E-state index in [1.165, 1.54) is 12.1 Å². The Balaban J connectivity index is 3.01. The van der Waals surface area contributed by atoms with Crippen LogP contribution in [-0.2, 0) is 4.79 Å². The molecule has 0 aliphatic heterocycles. The SMILES string of the molecule is O=C(O)CC(O)C(O)c1cc(Cl)cc(C(=O)O)c1. The first-order valence-electron chi connectivity index (χ1n) is 4.93. The summed E-state index contributed by atoms with van der Waals surface area (Å²) >= 11 is 5.68. The molecule has 7 heteroatoms. The average molecular weight is 275 g/mol. The van der Waals surface area contributed by atoms with Crippen molar-refractivity contribution in [1.29, 1.82) is 0 Å². The standard InChI is InChI=1S/C11H11ClO6/c12-7-2-5(1-6(3-7)11(17)18)10(16)8(13)4-9(14)15/h1-3,8,10,13,16H,4H2,(H,14,15)(H,17,18). The van der Waals surface area contributed by atoms with Gasteiger partial charge in [0.15, 0.2) is 0 Å². The van der Waals surface area contributed by atoms with Crippen LogP contribution in [0.15, 0.2) is 18.2 Å². The molecule has 6 nitrogen and oxygen atoms in total. The summed E-state index contributed by atoms with van der Waals surface area (Å²) in [6.07, 6.45) is -3.71. The zero-order valence-electron chi connectivity index (χ0n) is 9.08. The third-order valence-corrected chi connectivity index (χ3v) is 2.48. The summed E-state index contributed by atoms with van der Waals surface area (Å²) in [6.45, 7) is 0. The molecule has 0 aliphatic rings. The average Bonchev–Trinajstić information content (AvgIpc) is 2.26. The fourth-order valence-corrected chi connectivity index (χ4v) is 1.66. The van der Waals surface area contributed by atoms with E-state index < -0.39 is 30.6 Å². The number of aromatic carboxylic acids is 1. The number of hydrogen-bond donors (Lipinski definition) is 4. The predicted molar refractivity (Wildman–Crippen MR) is 61.6 cm³/mol. The molecule has 0 aliphatic carbocycles. The van der Waals surface area contributed by atoms with Crippen LogP contribution in [0.4, 0.5) is 0 Å². The second kappa shape index (κ2) is 5.81. The van der Waals surface area contributed by atoms with E-state index >= 15 is 0 Å². The zero-order valence-corrected chi connectivity index (χ0v) is 9.83. The van der Waals surface area contributed by atoms with Gasteiger partial charge in [0.1, 0.15) is 6.10 Å². The van der Waals surface area contributed by atoms with Crippen molar-refractivity contribution in [3.63, 3.8) is 0 Å². The molecule has 0 radical (unpaired) electrons. The van der Waals surface area contributed by atoms with Crippen LogP contribution in [0.2, 0.25) is 5.02 Å². The Bertz CT molecular complexity index is 473. The van der Waals surface area contributed by atoms with Crippen LogP contribution in [0.3, 0.4) is 0 Å². The zero-order chi connectivity index (χ0) is 13.9. The summed E-state index contributed by atoms with van der Waals surface area (Å²) in [7, 11) is 0. The number of rotatable bonds is 5. The van der Waals surface area contributed by atoms with Gasteiger partial charge in [0, 0.05) is 5.02 Å². The maximum Gasteiger partial charge on any atom is 0.335 e. The van der Waals surface area contributed by atoms with Crippen LogP contribution >= 0.6 is 11.6 Å². The number of carboxylic acid groups (broad SMARTS) is 2. The summed E-state index contributed by atoms with van der Waals surface area (Å²) in [4.78, 5) is 21.2. The van der Waals surface area contributed by atoms with Crippen LogP contribution in [0.25, 0.3) is 0 Å². The number of aliphatic carboxylic acids is 1. The molecular weight excluding hydrogens is 264 g/mol. The molecule has 2 unspecified atom stereocenters. The van der Waals surface area contributed by atoms with Gasteiger partial charge in [0.2, 0.25) is 0 Å². The van der Waals surface area contributed by atoms with Crippen LogP contribution < -0.4 is 0 Å². The molecule has 4 N–H and O–H groups in total. The van der Waals surface area contributed by atoms with E-state index in [4.69, 9.17) is 21.8 Å². The van der Waals surface area contributed by atoms with E-state index in [9.17, 15) is 19.8 Å². The normalized spacial score (nSPS) is 13.9. The largest absolute Gasteiger partial charge is 0.481 e. The van der Waals surface area contributed by atoms with Crippen molar-refractivity contribution in [2.75, 3.05) is 0 Å². The number of aliphatic hydroxyl groups excluding tert-OH is 2. The van der Waals surface area contributed by atoms with Crippen molar-refractivity contribution in [3.05, 3.63) is 34.3 Å². The van der Waals surface area contributed by atoms with E-state index in [0.717, 1.165) is 6.07 Å². The predicted octanol–water partition coefficient (Wildman–Crippen LogP) is 0.907. The van der Waals surface area contributed by atoms with Gasteiger partial charge in [0.05, 0.1) is 18.1 Å². The summed E-state index contributed by atoms with van der Waals surface area (Å²) in [6, 6.07) is 3.58. The van der Waals surface area contributed by atoms with Gasteiger partial charge in [-0.3, -0.25) is 4.79 Å². The van der Waals surface area contributed by atoms with Gasteiger partial charge in [0.25, 0.3) is 0 Å². The number of carbonyl (C=O) groups is 2. The Morgan fingerprint density at radius 1 is 1.17 bits per heavy atom. The van der Waals surface area contributed by atoms with Gasteiger partial charge in [-0.1, -0.05) is 11.6 Å². The van der Waals surface area contributed by atoms with Crippen molar-refractivity contribution in [3.8, 4) is 0 Å². The topological polar surface area (TPSA) is 115 Å². The highest BCUT2D eigenvalue weighted by Crippen LogP contribution is 2.24. The minimum Gasteiger partial charge on any atom is -0.481 e. The lowest BCUT2D eigenvalue weighted by atomic mass is 10.00. The van der Waals surface area contributed by atoms with E-state index in [-0.39, 0.29) is 16.1 Å². The molecule has 1 aromatic carbocycles. The molecule has 0 heterocycles.